The first-order chi connectivity index (χ1) is 8.46. The molecule has 1 aromatic carbocycles. The Labute approximate surface area is 112 Å². The molecular weight excluding hydrogens is 265 g/mol. The van der Waals surface area contributed by atoms with Crippen molar-refractivity contribution in [3.63, 3.8) is 0 Å². The molecule has 0 aliphatic carbocycles. The minimum absolute atomic E-state index is 0.0314. The maximum Gasteiger partial charge on any atom is 0.237 e. The zero-order valence-corrected chi connectivity index (χ0v) is 12.4. The number of carbonyl (C=O) groups excluding carboxylic acids is 1. The van der Waals surface area contributed by atoms with E-state index in [-0.39, 0.29) is 11.8 Å². The largest absolute Gasteiger partial charge is 0.322 e. The fraction of sp³-hybridized carbons (Fsp3) is 0.462. The van der Waals surface area contributed by atoms with Crippen LogP contribution in [-0.2, 0) is 15.8 Å². The normalized spacial score (nSPS) is 20.4. The van der Waals surface area contributed by atoms with Crippen molar-refractivity contribution in [2.45, 2.75) is 6.42 Å². The van der Waals surface area contributed by atoms with Crippen molar-refractivity contribution in [1.82, 2.24) is 4.31 Å². The van der Waals surface area contributed by atoms with Gasteiger partial charge in [0.2, 0.25) is 5.91 Å². The van der Waals surface area contributed by atoms with Crippen molar-refractivity contribution in [1.29, 1.82) is 0 Å². The number of rotatable bonds is 4. The Kier molecular flexibility index (Phi) is 4.18. The molecule has 0 bridgehead atoms. The van der Waals surface area contributed by atoms with E-state index >= 15 is 0 Å². The van der Waals surface area contributed by atoms with E-state index in [2.05, 4.69) is 0 Å². The molecule has 1 aliphatic rings. The summed E-state index contributed by atoms with van der Waals surface area (Å²) in [5.74, 6) is 0.963. The Morgan fingerprint density at radius 1 is 1.33 bits per heavy atom. The van der Waals surface area contributed by atoms with E-state index in [0.717, 1.165) is 12.2 Å². The molecule has 0 saturated carbocycles. The lowest BCUT2D eigenvalue weighted by molar-refractivity contribution is -0.127. The minimum atomic E-state index is -2.18. The third kappa shape index (κ3) is 3.63. The first-order valence-electron chi connectivity index (χ1n) is 5.98. The summed E-state index contributed by atoms with van der Waals surface area (Å²) < 4.78 is 13.5. The maximum absolute atomic E-state index is 12.2. The van der Waals surface area contributed by atoms with Gasteiger partial charge in [-0.2, -0.15) is 0 Å². The lowest BCUT2D eigenvalue weighted by Crippen LogP contribution is -2.25. The van der Waals surface area contributed by atoms with Crippen molar-refractivity contribution in [3.8, 4) is 0 Å². The summed E-state index contributed by atoms with van der Waals surface area (Å²) in [5.41, 5.74) is 1.19. The van der Waals surface area contributed by atoms with Gasteiger partial charge in [-0.05, 0) is 37.3 Å². The second-order valence-electron chi connectivity index (χ2n) is 5.11. The van der Waals surface area contributed by atoms with Crippen LogP contribution in [0, 0.1) is 5.92 Å². The van der Waals surface area contributed by atoms with Crippen LogP contribution in [-0.4, -0.2) is 35.6 Å². The number of benzene rings is 1. The van der Waals surface area contributed by atoms with E-state index < -0.39 is 7.14 Å². The molecule has 0 spiro atoms. The quantitative estimate of drug-likeness (QED) is 0.630. The molecule has 0 aromatic heterocycles. The standard InChI is InChI=1S/C13H18NO2PS/c1-17(2,16)10-14-13(15)12(9-18-14)8-11-6-4-3-5-7-11/h3-7,12H,8-10H2,1-2H3. The van der Waals surface area contributed by atoms with E-state index in [0.29, 0.717) is 6.29 Å². The van der Waals surface area contributed by atoms with E-state index in [4.69, 9.17) is 0 Å². The lowest BCUT2D eigenvalue weighted by Gasteiger charge is -2.17. The van der Waals surface area contributed by atoms with Crippen molar-refractivity contribution in [3.05, 3.63) is 35.9 Å². The van der Waals surface area contributed by atoms with Crippen LogP contribution in [0.4, 0.5) is 0 Å². The van der Waals surface area contributed by atoms with E-state index in [1.807, 2.05) is 30.3 Å². The van der Waals surface area contributed by atoms with E-state index in [9.17, 15) is 9.36 Å². The van der Waals surface area contributed by atoms with Gasteiger partial charge in [0, 0.05) is 5.75 Å². The van der Waals surface area contributed by atoms with Crippen LogP contribution in [0.3, 0.4) is 0 Å². The van der Waals surface area contributed by atoms with Crippen LogP contribution in [0.15, 0.2) is 30.3 Å². The van der Waals surface area contributed by atoms with E-state index in [1.165, 1.54) is 17.5 Å². The number of hydrogen-bond donors (Lipinski definition) is 0. The summed E-state index contributed by atoms with van der Waals surface area (Å²) >= 11 is 1.52. The molecule has 1 saturated heterocycles. The lowest BCUT2D eigenvalue weighted by atomic mass is 10.0. The molecule has 0 N–H and O–H groups in total. The Balaban J connectivity index is 1.98. The Bertz CT molecular complexity index is 471. The van der Waals surface area contributed by atoms with Crippen molar-refractivity contribution >= 4 is 25.0 Å². The molecule has 1 aromatic rings. The number of carbonyl (C=O) groups is 1. The molecule has 2 rings (SSSR count). The zero-order chi connectivity index (χ0) is 13.2. The molecule has 1 unspecified atom stereocenters. The highest BCUT2D eigenvalue weighted by Crippen LogP contribution is 2.41. The van der Waals surface area contributed by atoms with Gasteiger partial charge in [0.25, 0.3) is 0 Å². The number of hydrogen-bond acceptors (Lipinski definition) is 3. The van der Waals surface area contributed by atoms with Gasteiger partial charge in [-0.3, -0.25) is 9.10 Å². The summed E-state index contributed by atoms with van der Waals surface area (Å²) in [5, 5.41) is 0. The van der Waals surface area contributed by atoms with Gasteiger partial charge in [0.15, 0.2) is 0 Å². The first kappa shape index (κ1) is 13.7. The fourth-order valence-electron chi connectivity index (χ4n) is 1.98. The van der Waals surface area contributed by atoms with Crippen molar-refractivity contribution in [2.75, 3.05) is 25.4 Å². The maximum atomic E-state index is 12.2. The highest BCUT2D eigenvalue weighted by molar-refractivity contribution is 7.98. The molecule has 1 aliphatic heterocycles. The van der Waals surface area contributed by atoms with Crippen molar-refractivity contribution in [2.24, 2.45) is 5.92 Å². The topological polar surface area (TPSA) is 37.4 Å². The number of amides is 1. The minimum Gasteiger partial charge on any atom is -0.322 e. The average Bonchev–Trinajstić information content (AvgIpc) is 2.61. The van der Waals surface area contributed by atoms with Gasteiger partial charge in [-0.25, -0.2) is 0 Å². The summed E-state index contributed by atoms with van der Waals surface area (Å²) in [6.07, 6.45) is 1.17. The zero-order valence-electron chi connectivity index (χ0n) is 10.7. The van der Waals surface area contributed by atoms with Gasteiger partial charge in [-0.1, -0.05) is 30.3 Å². The van der Waals surface area contributed by atoms with Gasteiger partial charge >= 0.3 is 0 Å². The molecule has 1 fully saturated rings. The van der Waals surface area contributed by atoms with Crippen LogP contribution in [0.25, 0.3) is 0 Å². The molecule has 18 heavy (non-hydrogen) atoms. The summed E-state index contributed by atoms with van der Waals surface area (Å²) in [6.45, 7) is 3.46. The van der Waals surface area contributed by atoms with Gasteiger partial charge in [0.1, 0.15) is 7.14 Å². The molecule has 5 heteroatoms. The van der Waals surface area contributed by atoms with Crippen LogP contribution in [0.2, 0.25) is 0 Å². The summed E-state index contributed by atoms with van der Waals surface area (Å²) in [4.78, 5) is 12.2. The summed E-state index contributed by atoms with van der Waals surface area (Å²) in [6, 6.07) is 10.1. The van der Waals surface area contributed by atoms with Crippen LogP contribution in [0.5, 0.6) is 0 Å². The van der Waals surface area contributed by atoms with Gasteiger partial charge in [0.05, 0.1) is 12.2 Å². The first-order valence-corrected chi connectivity index (χ1v) is 9.71. The smallest absolute Gasteiger partial charge is 0.237 e. The average molecular weight is 283 g/mol. The van der Waals surface area contributed by atoms with Crippen molar-refractivity contribution < 1.29 is 9.36 Å². The predicted molar refractivity (Wildman–Crippen MR) is 77.3 cm³/mol. The fourth-order valence-corrected chi connectivity index (χ4v) is 4.80. The molecule has 1 amide bonds. The molecule has 0 radical (unpaired) electrons. The van der Waals surface area contributed by atoms with Crippen LogP contribution < -0.4 is 0 Å². The van der Waals surface area contributed by atoms with E-state index in [1.54, 1.807) is 17.6 Å². The van der Waals surface area contributed by atoms with Crippen LogP contribution >= 0.6 is 19.1 Å². The highest BCUT2D eigenvalue weighted by Gasteiger charge is 2.34. The Morgan fingerprint density at radius 2 is 2.00 bits per heavy atom. The second-order valence-corrected chi connectivity index (χ2v) is 9.58. The molecular formula is C13H18NO2PS. The van der Waals surface area contributed by atoms with Gasteiger partial charge < -0.3 is 4.57 Å². The summed E-state index contributed by atoms with van der Waals surface area (Å²) in [7, 11) is -2.18. The second kappa shape index (κ2) is 5.50. The Hall–Kier alpha value is -0.730. The molecule has 1 heterocycles. The SMILES string of the molecule is CP(C)(=O)CN1SCC(Cc2ccccc2)C1=O. The van der Waals surface area contributed by atoms with Gasteiger partial charge in [-0.15, -0.1) is 0 Å². The molecule has 98 valence electrons. The molecule has 1 atom stereocenters. The highest BCUT2D eigenvalue weighted by atomic mass is 32.2. The molecule has 3 nitrogen and oxygen atoms in total. The third-order valence-electron chi connectivity index (χ3n) is 2.82. The monoisotopic (exact) mass is 283 g/mol. The third-order valence-corrected chi connectivity index (χ3v) is 5.15. The van der Waals surface area contributed by atoms with Crippen LogP contribution in [0.1, 0.15) is 5.56 Å². The Morgan fingerprint density at radius 3 is 2.61 bits per heavy atom. The number of nitrogens with zero attached hydrogens (tertiary/aromatic N) is 1. The predicted octanol–water partition coefficient (Wildman–Crippen LogP) is 2.92.